The van der Waals surface area contributed by atoms with Crippen LogP contribution in [0.5, 0.6) is 5.75 Å². The fraction of sp³-hybridized carbons (Fsp3) is 0.450. The minimum absolute atomic E-state index is 0.302. The maximum Gasteiger partial charge on any atom is 0.233 e. The maximum atomic E-state index is 13.2. The van der Waals surface area contributed by atoms with Crippen molar-refractivity contribution in [1.29, 1.82) is 0 Å². The largest absolute Gasteiger partial charge is 0.496 e. The van der Waals surface area contributed by atoms with E-state index in [0.29, 0.717) is 11.8 Å². The number of piperidine rings is 1. The van der Waals surface area contributed by atoms with Crippen LogP contribution in [0, 0.1) is 0 Å². The average molecular weight is 341 g/mol. The Morgan fingerprint density at radius 2 is 1.96 bits per heavy atom. The molecule has 24 heavy (non-hydrogen) atoms. The fourth-order valence-corrected chi connectivity index (χ4v) is 4.73. The Hall–Kier alpha value is -1.81. The molecule has 126 valence electrons. The van der Waals surface area contributed by atoms with E-state index in [1.54, 1.807) is 18.4 Å². The highest BCUT2D eigenvalue weighted by Gasteiger charge is 2.54. The van der Waals surface area contributed by atoms with Gasteiger partial charge < -0.3 is 9.64 Å². The number of nitrogens with zero attached hydrogens (tertiary/aromatic N) is 1. The van der Waals surface area contributed by atoms with Crippen molar-refractivity contribution in [3.05, 3.63) is 52.2 Å². The SMILES string of the molecule is COc1ccccc1C1(C(=O)N2CCC(c3ccsc3)CC2)CC1. The molecule has 0 N–H and O–H groups in total. The van der Waals surface area contributed by atoms with Gasteiger partial charge in [0, 0.05) is 18.7 Å². The van der Waals surface area contributed by atoms with Gasteiger partial charge in [0.2, 0.25) is 5.91 Å². The highest BCUT2D eigenvalue weighted by Crippen LogP contribution is 2.52. The van der Waals surface area contributed by atoms with E-state index < -0.39 is 0 Å². The number of rotatable bonds is 4. The van der Waals surface area contributed by atoms with Gasteiger partial charge in [0.15, 0.2) is 0 Å². The second kappa shape index (κ2) is 6.25. The van der Waals surface area contributed by atoms with Gasteiger partial charge in [-0.3, -0.25) is 4.79 Å². The molecule has 0 radical (unpaired) electrons. The molecule has 0 bridgehead atoms. The highest BCUT2D eigenvalue weighted by atomic mass is 32.1. The summed E-state index contributed by atoms with van der Waals surface area (Å²) in [5.74, 6) is 1.76. The van der Waals surface area contributed by atoms with Crippen LogP contribution in [0.4, 0.5) is 0 Å². The number of para-hydroxylation sites is 1. The maximum absolute atomic E-state index is 13.2. The summed E-state index contributed by atoms with van der Waals surface area (Å²) in [6, 6.07) is 10.2. The molecule has 1 aromatic heterocycles. The number of hydrogen-bond acceptors (Lipinski definition) is 3. The second-order valence-electron chi connectivity index (χ2n) is 6.91. The molecule has 2 heterocycles. The minimum Gasteiger partial charge on any atom is -0.496 e. The molecule has 1 saturated heterocycles. The molecule has 0 spiro atoms. The summed E-state index contributed by atoms with van der Waals surface area (Å²) < 4.78 is 5.51. The van der Waals surface area contributed by atoms with Crippen LogP contribution >= 0.6 is 11.3 Å². The molecule has 3 nitrogen and oxygen atoms in total. The fourth-order valence-electron chi connectivity index (χ4n) is 3.99. The Morgan fingerprint density at radius 1 is 1.21 bits per heavy atom. The number of amides is 1. The Kier molecular flexibility index (Phi) is 4.09. The monoisotopic (exact) mass is 341 g/mol. The molecule has 4 rings (SSSR count). The molecule has 1 aliphatic carbocycles. The number of likely N-dealkylation sites (tertiary alicyclic amines) is 1. The highest BCUT2D eigenvalue weighted by molar-refractivity contribution is 7.07. The zero-order chi connectivity index (χ0) is 16.6. The van der Waals surface area contributed by atoms with E-state index in [2.05, 4.69) is 27.8 Å². The Bertz CT molecular complexity index is 713. The van der Waals surface area contributed by atoms with Crippen molar-refractivity contribution in [2.45, 2.75) is 37.0 Å². The minimum atomic E-state index is -0.332. The van der Waals surface area contributed by atoms with E-state index in [1.807, 2.05) is 18.2 Å². The van der Waals surface area contributed by atoms with Crippen molar-refractivity contribution in [2.24, 2.45) is 0 Å². The summed E-state index contributed by atoms with van der Waals surface area (Å²) in [6.45, 7) is 1.74. The molecular formula is C20H23NO2S. The Balaban J connectivity index is 1.48. The molecule has 2 fully saturated rings. The van der Waals surface area contributed by atoms with Gasteiger partial charge in [0.25, 0.3) is 0 Å². The van der Waals surface area contributed by atoms with Crippen LogP contribution in [0.15, 0.2) is 41.1 Å². The van der Waals surface area contributed by atoms with Gasteiger partial charge in [-0.1, -0.05) is 18.2 Å². The van der Waals surface area contributed by atoms with Crippen LogP contribution in [0.1, 0.15) is 42.7 Å². The van der Waals surface area contributed by atoms with E-state index in [-0.39, 0.29) is 5.41 Å². The number of methoxy groups -OCH3 is 1. The number of thiophene rings is 1. The summed E-state index contributed by atoms with van der Waals surface area (Å²) in [5, 5.41) is 4.40. The average Bonchev–Trinajstić information content (AvgIpc) is 3.27. The number of carbonyl (C=O) groups is 1. The second-order valence-corrected chi connectivity index (χ2v) is 7.69. The van der Waals surface area contributed by atoms with Crippen molar-refractivity contribution in [3.63, 3.8) is 0 Å². The van der Waals surface area contributed by atoms with Crippen LogP contribution in [0.25, 0.3) is 0 Å². The van der Waals surface area contributed by atoms with E-state index in [9.17, 15) is 4.79 Å². The van der Waals surface area contributed by atoms with Crippen molar-refractivity contribution < 1.29 is 9.53 Å². The lowest BCUT2D eigenvalue weighted by Gasteiger charge is -2.34. The Morgan fingerprint density at radius 3 is 2.58 bits per heavy atom. The molecular weight excluding hydrogens is 318 g/mol. The lowest BCUT2D eigenvalue weighted by molar-refractivity contribution is -0.135. The molecule has 2 aromatic rings. The van der Waals surface area contributed by atoms with E-state index >= 15 is 0 Å². The molecule has 1 saturated carbocycles. The van der Waals surface area contributed by atoms with Crippen LogP contribution < -0.4 is 4.74 Å². The normalized spacial score (nSPS) is 20.0. The first-order valence-corrected chi connectivity index (χ1v) is 9.64. The third-order valence-corrected chi connectivity index (χ3v) is 6.28. The van der Waals surface area contributed by atoms with Crippen LogP contribution in [0.3, 0.4) is 0 Å². The summed E-state index contributed by atoms with van der Waals surface area (Å²) in [7, 11) is 1.69. The third-order valence-electron chi connectivity index (χ3n) is 5.58. The summed E-state index contributed by atoms with van der Waals surface area (Å²) in [5.41, 5.74) is 2.18. The van der Waals surface area contributed by atoms with Gasteiger partial charge in [-0.25, -0.2) is 0 Å². The number of benzene rings is 1. The standard InChI is InChI=1S/C20H23NO2S/c1-23-18-5-3-2-4-17(18)20(9-10-20)19(22)21-11-6-15(7-12-21)16-8-13-24-14-16/h2-5,8,13-15H,6-7,9-12H2,1H3. The summed E-state index contributed by atoms with van der Waals surface area (Å²) in [6.07, 6.45) is 4.03. The van der Waals surface area contributed by atoms with Gasteiger partial charge in [0.05, 0.1) is 12.5 Å². The lowest BCUT2D eigenvalue weighted by Crippen LogP contribution is -2.43. The summed E-state index contributed by atoms with van der Waals surface area (Å²) >= 11 is 1.76. The first-order valence-electron chi connectivity index (χ1n) is 8.69. The van der Waals surface area contributed by atoms with E-state index in [1.165, 1.54) is 5.56 Å². The van der Waals surface area contributed by atoms with Gasteiger partial charge >= 0.3 is 0 Å². The predicted octanol–water partition coefficient (Wildman–Crippen LogP) is 4.19. The molecule has 0 unspecified atom stereocenters. The molecule has 2 aliphatic rings. The van der Waals surface area contributed by atoms with Gasteiger partial charge in [0.1, 0.15) is 5.75 Å². The number of ether oxygens (including phenoxy) is 1. The predicted molar refractivity (Wildman–Crippen MR) is 96.8 cm³/mol. The van der Waals surface area contributed by atoms with E-state index in [0.717, 1.165) is 50.1 Å². The quantitative estimate of drug-likeness (QED) is 0.834. The van der Waals surface area contributed by atoms with E-state index in [4.69, 9.17) is 4.74 Å². The van der Waals surface area contributed by atoms with Crippen molar-refractivity contribution >= 4 is 17.2 Å². The molecule has 1 aromatic carbocycles. The van der Waals surface area contributed by atoms with Gasteiger partial charge in [-0.15, -0.1) is 0 Å². The summed E-state index contributed by atoms with van der Waals surface area (Å²) in [4.78, 5) is 15.3. The third kappa shape index (κ3) is 2.63. The zero-order valence-electron chi connectivity index (χ0n) is 14.0. The first-order chi connectivity index (χ1) is 11.7. The van der Waals surface area contributed by atoms with Crippen molar-refractivity contribution in [2.75, 3.05) is 20.2 Å². The smallest absolute Gasteiger partial charge is 0.233 e. The molecule has 4 heteroatoms. The molecule has 1 aliphatic heterocycles. The van der Waals surface area contributed by atoms with Crippen LogP contribution in [0.2, 0.25) is 0 Å². The zero-order valence-corrected chi connectivity index (χ0v) is 14.8. The van der Waals surface area contributed by atoms with Crippen molar-refractivity contribution in [1.82, 2.24) is 4.90 Å². The van der Waals surface area contributed by atoms with Gasteiger partial charge in [-0.2, -0.15) is 11.3 Å². The number of carbonyl (C=O) groups excluding carboxylic acids is 1. The Labute approximate surface area is 147 Å². The van der Waals surface area contributed by atoms with Crippen LogP contribution in [-0.2, 0) is 10.2 Å². The topological polar surface area (TPSA) is 29.5 Å². The van der Waals surface area contributed by atoms with Gasteiger partial charge in [-0.05, 0) is 60.1 Å². The van der Waals surface area contributed by atoms with Crippen LogP contribution in [-0.4, -0.2) is 31.0 Å². The first kappa shape index (κ1) is 15.7. The molecule has 1 amide bonds. The van der Waals surface area contributed by atoms with Crippen molar-refractivity contribution in [3.8, 4) is 5.75 Å². The number of hydrogen-bond donors (Lipinski definition) is 0. The molecule has 0 atom stereocenters. The lowest BCUT2D eigenvalue weighted by atomic mass is 9.88.